The molecule has 0 aliphatic rings. The minimum atomic E-state index is -0.264. The molecule has 0 atom stereocenters. The Bertz CT molecular complexity index is 848. The van der Waals surface area contributed by atoms with Gasteiger partial charge in [-0.25, -0.2) is 10.1 Å². The van der Waals surface area contributed by atoms with Gasteiger partial charge in [0.25, 0.3) is 5.56 Å². The number of H-pyrrole nitrogens is 1. The van der Waals surface area contributed by atoms with Gasteiger partial charge in [-0.05, 0) is 18.2 Å². The van der Waals surface area contributed by atoms with E-state index >= 15 is 0 Å². The van der Waals surface area contributed by atoms with Crippen LogP contribution in [0, 0.1) is 11.3 Å². The molecule has 0 saturated heterocycles. The van der Waals surface area contributed by atoms with Gasteiger partial charge in [0.05, 0.1) is 11.1 Å². The Hall–Kier alpha value is -2.94. The van der Waals surface area contributed by atoms with E-state index in [9.17, 15) is 4.79 Å². The maximum absolute atomic E-state index is 11.0. The Morgan fingerprint density at radius 3 is 2.84 bits per heavy atom. The first-order chi connectivity index (χ1) is 9.20. The van der Waals surface area contributed by atoms with Crippen LogP contribution in [0.1, 0.15) is 5.56 Å². The van der Waals surface area contributed by atoms with E-state index in [1.54, 1.807) is 12.1 Å². The summed E-state index contributed by atoms with van der Waals surface area (Å²) < 4.78 is 1.84. The van der Waals surface area contributed by atoms with E-state index in [2.05, 4.69) is 21.3 Å². The van der Waals surface area contributed by atoms with Crippen LogP contribution in [-0.2, 0) is 7.05 Å². The van der Waals surface area contributed by atoms with Gasteiger partial charge in [-0.1, -0.05) is 6.07 Å². The van der Waals surface area contributed by atoms with Crippen LogP contribution in [0.3, 0.4) is 0 Å². The second-order valence-electron chi connectivity index (χ2n) is 4.09. The summed E-state index contributed by atoms with van der Waals surface area (Å²) in [6, 6.07) is 10.5. The predicted octanol–water partition coefficient (Wildman–Crippen LogP) is 1.20. The maximum atomic E-state index is 11.0. The highest BCUT2D eigenvalue weighted by molar-refractivity contribution is 5.84. The second kappa shape index (κ2) is 4.07. The van der Waals surface area contributed by atoms with Crippen LogP contribution in [0.5, 0.6) is 0 Å². The maximum Gasteiger partial charge on any atom is 0.264 e. The first kappa shape index (κ1) is 11.2. The number of hydrogen-bond acceptors (Lipinski definition) is 4. The molecule has 1 N–H and O–H groups in total. The Balaban J connectivity index is 2.31. The van der Waals surface area contributed by atoms with Crippen LogP contribution in [-0.4, -0.2) is 19.7 Å². The zero-order valence-corrected chi connectivity index (χ0v) is 10.1. The molecule has 2 heterocycles. The summed E-state index contributed by atoms with van der Waals surface area (Å²) in [5.41, 5.74) is 2.30. The van der Waals surface area contributed by atoms with Gasteiger partial charge >= 0.3 is 0 Å². The van der Waals surface area contributed by atoms with Crippen LogP contribution in [0.15, 0.2) is 35.1 Å². The molecule has 0 fully saturated rings. The van der Waals surface area contributed by atoms with E-state index in [-0.39, 0.29) is 5.56 Å². The SMILES string of the molecule is Cn1c(-c2ccc(=O)[nH]n2)nc2c(C#N)cccc21. The fraction of sp³-hybridized carbons (Fsp3) is 0.0769. The number of aromatic amines is 1. The lowest BCUT2D eigenvalue weighted by molar-refractivity contribution is 0.920. The topological polar surface area (TPSA) is 87.4 Å². The Labute approximate surface area is 108 Å². The van der Waals surface area contributed by atoms with Crippen LogP contribution >= 0.6 is 0 Å². The molecule has 0 amide bonds. The number of para-hydroxylation sites is 1. The van der Waals surface area contributed by atoms with Crippen molar-refractivity contribution in [2.24, 2.45) is 7.05 Å². The summed E-state index contributed by atoms with van der Waals surface area (Å²) in [7, 11) is 1.85. The molecular formula is C13H9N5O. The highest BCUT2D eigenvalue weighted by atomic mass is 16.1. The van der Waals surface area contributed by atoms with Gasteiger partial charge in [-0.3, -0.25) is 4.79 Å². The number of fused-ring (bicyclic) bond motifs is 1. The predicted molar refractivity (Wildman–Crippen MR) is 69.3 cm³/mol. The molecule has 0 spiro atoms. The summed E-state index contributed by atoms with van der Waals surface area (Å²) >= 11 is 0. The van der Waals surface area contributed by atoms with Crippen LogP contribution in [0.2, 0.25) is 0 Å². The summed E-state index contributed by atoms with van der Waals surface area (Å²) in [5.74, 6) is 0.606. The van der Waals surface area contributed by atoms with Crippen molar-refractivity contribution in [2.75, 3.05) is 0 Å². The third-order valence-corrected chi connectivity index (χ3v) is 2.94. The molecule has 6 heteroatoms. The molecular weight excluding hydrogens is 242 g/mol. The molecule has 0 unspecified atom stereocenters. The number of rotatable bonds is 1. The van der Waals surface area contributed by atoms with Crippen molar-refractivity contribution >= 4 is 11.0 Å². The third-order valence-electron chi connectivity index (χ3n) is 2.94. The van der Waals surface area contributed by atoms with E-state index in [0.29, 0.717) is 22.6 Å². The van der Waals surface area contributed by atoms with Crippen LogP contribution in [0.25, 0.3) is 22.6 Å². The largest absolute Gasteiger partial charge is 0.326 e. The number of nitriles is 1. The van der Waals surface area contributed by atoms with Crippen LogP contribution < -0.4 is 5.56 Å². The summed E-state index contributed by atoms with van der Waals surface area (Å²) in [6.07, 6.45) is 0. The second-order valence-corrected chi connectivity index (χ2v) is 4.09. The van der Waals surface area contributed by atoms with Gasteiger partial charge in [0.15, 0.2) is 5.82 Å². The number of benzene rings is 1. The van der Waals surface area contributed by atoms with Crippen molar-refractivity contribution in [1.82, 2.24) is 19.7 Å². The van der Waals surface area contributed by atoms with Crippen molar-refractivity contribution in [2.45, 2.75) is 0 Å². The summed E-state index contributed by atoms with van der Waals surface area (Å²) in [5, 5.41) is 15.4. The van der Waals surface area contributed by atoms with Crippen molar-refractivity contribution in [3.8, 4) is 17.6 Å². The Morgan fingerprint density at radius 2 is 2.16 bits per heavy atom. The Kier molecular flexibility index (Phi) is 2.39. The van der Waals surface area contributed by atoms with E-state index in [1.165, 1.54) is 6.07 Å². The van der Waals surface area contributed by atoms with Gasteiger partial charge in [0.1, 0.15) is 17.3 Å². The average molecular weight is 251 g/mol. The molecule has 92 valence electrons. The molecule has 6 nitrogen and oxygen atoms in total. The van der Waals surface area contributed by atoms with Gasteiger partial charge in [0, 0.05) is 13.1 Å². The number of imidazole rings is 1. The highest BCUT2D eigenvalue weighted by Crippen LogP contribution is 2.23. The van der Waals surface area contributed by atoms with Gasteiger partial charge < -0.3 is 4.57 Å². The smallest absolute Gasteiger partial charge is 0.264 e. The van der Waals surface area contributed by atoms with E-state index in [4.69, 9.17) is 5.26 Å². The lowest BCUT2D eigenvalue weighted by Crippen LogP contribution is -2.07. The zero-order chi connectivity index (χ0) is 13.4. The molecule has 0 saturated carbocycles. The molecule has 0 radical (unpaired) electrons. The molecule has 19 heavy (non-hydrogen) atoms. The van der Waals surface area contributed by atoms with Gasteiger partial charge in [0.2, 0.25) is 0 Å². The molecule has 3 aromatic rings. The molecule has 2 aromatic heterocycles. The quantitative estimate of drug-likeness (QED) is 0.703. The lowest BCUT2D eigenvalue weighted by atomic mass is 10.2. The van der Waals surface area contributed by atoms with Crippen LogP contribution in [0.4, 0.5) is 0 Å². The monoisotopic (exact) mass is 251 g/mol. The fourth-order valence-electron chi connectivity index (χ4n) is 2.00. The number of aromatic nitrogens is 4. The third kappa shape index (κ3) is 1.68. The normalized spacial score (nSPS) is 10.5. The summed E-state index contributed by atoms with van der Waals surface area (Å²) in [6.45, 7) is 0. The lowest BCUT2D eigenvalue weighted by Gasteiger charge is -2.00. The minimum Gasteiger partial charge on any atom is -0.326 e. The van der Waals surface area contributed by atoms with Crippen molar-refractivity contribution in [3.63, 3.8) is 0 Å². The van der Waals surface area contributed by atoms with E-state index in [1.807, 2.05) is 23.7 Å². The molecule has 1 aromatic carbocycles. The fourth-order valence-corrected chi connectivity index (χ4v) is 2.00. The van der Waals surface area contributed by atoms with Crippen molar-refractivity contribution in [3.05, 3.63) is 46.2 Å². The molecule has 0 aliphatic heterocycles. The number of nitrogens with zero attached hydrogens (tertiary/aromatic N) is 4. The molecule has 0 bridgehead atoms. The number of aryl methyl sites for hydroxylation is 1. The van der Waals surface area contributed by atoms with E-state index < -0.39 is 0 Å². The standard InChI is InChI=1S/C13H9N5O/c1-18-10-4-2-3-8(7-14)12(10)15-13(18)9-5-6-11(19)17-16-9/h2-6H,1H3,(H,17,19). The highest BCUT2D eigenvalue weighted by Gasteiger charge is 2.13. The minimum absolute atomic E-state index is 0.264. The van der Waals surface area contributed by atoms with Gasteiger partial charge in [-0.2, -0.15) is 10.4 Å². The first-order valence-corrected chi connectivity index (χ1v) is 5.62. The number of nitrogens with one attached hydrogen (secondary N) is 1. The van der Waals surface area contributed by atoms with Crippen molar-refractivity contribution < 1.29 is 0 Å². The van der Waals surface area contributed by atoms with E-state index in [0.717, 1.165) is 5.52 Å². The number of hydrogen-bond donors (Lipinski definition) is 1. The zero-order valence-electron chi connectivity index (χ0n) is 10.1. The summed E-state index contributed by atoms with van der Waals surface area (Å²) in [4.78, 5) is 15.5. The Morgan fingerprint density at radius 1 is 1.32 bits per heavy atom. The van der Waals surface area contributed by atoms with Gasteiger partial charge in [-0.15, -0.1) is 0 Å². The first-order valence-electron chi connectivity index (χ1n) is 5.62. The average Bonchev–Trinajstić information content (AvgIpc) is 2.77. The molecule has 0 aliphatic carbocycles. The molecule has 3 rings (SSSR count). The van der Waals surface area contributed by atoms with Crippen molar-refractivity contribution in [1.29, 1.82) is 5.26 Å².